The molecule has 2 N–H and O–H groups in total. The first-order valence-electron chi connectivity index (χ1n) is 8.04. The molecule has 0 aromatic carbocycles. The van der Waals surface area contributed by atoms with E-state index in [0.29, 0.717) is 10.2 Å². The van der Waals surface area contributed by atoms with E-state index in [4.69, 9.17) is 5.11 Å². The first-order valence-corrected chi connectivity index (χ1v) is 8.85. The van der Waals surface area contributed by atoms with Crippen LogP contribution in [0.3, 0.4) is 0 Å². The lowest BCUT2D eigenvalue weighted by atomic mass is 9.96. The Labute approximate surface area is 150 Å². The number of nitrogens with one attached hydrogen (secondary N) is 1. The van der Waals surface area contributed by atoms with E-state index in [1.54, 1.807) is 6.92 Å². The van der Waals surface area contributed by atoms with Crippen LogP contribution in [0, 0.1) is 25.7 Å². The van der Waals surface area contributed by atoms with Gasteiger partial charge in [0, 0.05) is 18.0 Å². The standard InChI is InChI=1S/C16H18F3N3O3S/c1-6-8(3)26-14-11(6)13(23)20-12(21-14)7(2)22-4-9(15(24)25)10(5-22)16(17,18)19/h7,9-10H,4-5H2,1-3H3,(H,24,25)(H,20,21,23)/t7?,9-,10-/m1/s1. The number of hydrogen-bond donors (Lipinski definition) is 2. The van der Waals surface area contributed by atoms with Crippen molar-refractivity contribution in [1.29, 1.82) is 0 Å². The van der Waals surface area contributed by atoms with Crippen molar-refractivity contribution in [3.8, 4) is 0 Å². The number of hydrogen-bond acceptors (Lipinski definition) is 5. The molecule has 0 radical (unpaired) electrons. The van der Waals surface area contributed by atoms with Crippen LogP contribution in [0.25, 0.3) is 10.2 Å². The minimum absolute atomic E-state index is 0.245. The number of thiophene rings is 1. The number of nitrogens with zero attached hydrogens (tertiary/aromatic N) is 2. The number of halogens is 3. The molecular formula is C16H18F3N3O3S. The summed E-state index contributed by atoms with van der Waals surface area (Å²) >= 11 is 1.35. The number of carbonyl (C=O) groups is 1. The molecule has 2 aromatic heterocycles. The molecule has 0 spiro atoms. The predicted octanol–water partition coefficient (Wildman–Crippen LogP) is 2.86. The molecule has 2 aromatic rings. The maximum atomic E-state index is 13.2. The van der Waals surface area contributed by atoms with Gasteiger partial charge in [-0.05, 0) is 26.3 Å². The summed E-state index contributed by atoms with van der Waals surface area (Å²) in [5.41, 5.74) is 0.502. The minimum atomic E-state index is -4.59. The highest BCUT2D eigenvalue weighted by molar-refractivity contribution is 7.18. The lowest BCUT2D eigenvalue weighted by Crippen LogP contribution is -2.33. The quantitative estimate of drug-likeness (QED) is 0.843. The number of carboxylic acid groups (broad SMARTS) is 1. The summed E-state index contributed by atoms with van der Waals surface area (Å²) < 4.78 is 39.5. The fraction of sp³-hybridized carbons (Fsp3) is 0.562. The largest absolute Gasteiger partial charge is 0.481 e. The van der Waals surface area contributed by atoms with E-state index >= 15 is 0 Å². The summed E-state index contributed by atoms with van der Waals surface area (Å²) in [4.78, 5) is 33.6. The van der Waals surface area contributed by atoms with Crippen LogP contribution in [0.4, 0.5) is 13.2 Å². The maximum absolute atomic E-state index is 13.2. The molecule has 0 bridgehead atoms. The number of aromatic amines is 1. The third-order valence-electron chi connectivity index (χ3n) is 5.09. The molecule has 1 saturated heterocycles. The van der Waals surface area contributed by atoms with E-state index in [-0.39, 0.29) is 17.9 Å². The van der Waals surface area contributed by atoms with Gasteiger partial charge in [0.1, 0.15) is 10.7 Å². The highest BCUT2D eigenvalue weighted by Crippen LogP contribution is 2.40. The Kier molecular flexibility index (Phi) is 4.60. The van der Waals surface area contributed by atoms with E-state index < -0.39 is 36.6 Å². The van der Waals surface area contributed by atoms with Gasteiger partial charge in [0.25, 0.3) is 5.56 Å². The second-order valence-electron chi connectivity index (χ2n) is 6.64. The topological polar surface area (TPSA) is 86.3 Å². The molecule has 3 rings (SSSR count). The van der Waals surface area contributed by atoms with E-state index in [1.807, 2.05) is 13.8 Å². The molecule has 6 nitrogen and oxygen atoms in total. The Bertz CT molecular complexity index is 921. The van der Waals surface area contributed by atoms with Crippen molar-refractivity contribution >= 4 is 27.5 Å². The molecule has 0 saturated carbocycles. The Morgan fingerprint density at radius 1 is 1.38 bits per heavy atom. The van der Waals surface area contributed by atoms with Crippen molar-refractivity contribution in [2.45, 2.75) is 33.0 Å². The second kappa shape index (κ2) is 6.34. The predicted molar refractivity (Wildman–Crippen MR) is 90.4 cm³/mol. The van der Waals surface area contributed by atoms with Crippen LogP contribution in [-0.2, 0) is 4.79 Å². The molecule has 10 heteroatoms. The number of carboxylic acids is 1. The lowest BCUT2D eigenvalue weighted by Gasteiger charge is -2.23. The van der Waals surface area contributed by atoms with Gasteiger partial charge in [-0.3, -0.25) is 14.5 Å². The molecular weight excluding hydrogens is 371 g/mol. The van der Waals surface area contributed by atoms with Gasteiger partial charge < -0.3 is 10.1 Å². The molecule has 3 heterocycles. The normalized spacial score (nSPS) is 22.8. The molecule has 1 aliphatic rings. The van der Waals surface area contributed by atoms with Gasteiger partial charge in [-0.1, -0.05) is 0 Å². The smallest absolute Gasteiger partial charge is 0.393 e. The van der Waals surface area contributed by atoms with Crippen LogP contribution in [0.15, 0.2) is 4.79 Å². The third-order valence-corrected chi connectivity index (χ3v) is 6.19. The van der Waals surface area contributed by atoms with Crippen LogP contribution >= 0.6 is 11.3 Å². The van der Waals surface area contributed by atoms with Crippen LogP contribution in [0.1, 0.15) is 29.2 Å². The van der Waals surface area contributed by atoms with Crippen LogP contribution < -0.4 is 5.56 Å². The molecule has 0 amide bonds. The monoisotopic (exact) mass is 389 g/mol. The number of alkyl halides is 3. The highest BCUT2D eigenvalue weighted by atomic mass is 32.1. The van der Waals surface area contributed by atoms with Crippen molar-refractivity contribution in [2.24, 2.45) is 11.8 Å². The first-order chi connectivity index (χ1) is 12.0. The van der Waals surface area contributed by atoms with Crippen molar-refractivity contribution in [1.82, 2.24) is 14.9 Å². The number of aromatic nitrogens is 2. The minimum Gasteiger partial charge on any atom is -0.481 e. The van der Waals surface area contributed by atoms with Gasteiger partial charge in [0.2, 0.25) is 0 Å². The Morgan fingerprint density at radius 2 is 2.04 bits per heavy atom. The fourth-order valence-electron chi connectivity index (χ4n) is 3.37. The number of likely N-dealkylation sites (tertiary alicyclic amines) is 1. The zero-order valence-corrected chi connectivity index (χ0v) is 15.2. The molecule has 0 aliphatic carbocycles. The molecule has 26 heavy (non-hydrogen) atoms. The van der Waals surface area contributed by atoms with Crippen molar-refractivity contribution < 1.29 is 23.1 Å². The summed E-state index contributed by atoms with van der Waals surface area (Å²) in [6.45, 7) is 4.63. The van der Waals surface area contributed by atoms with Gasteiger partial charge in [-0.15, -0.1) is 11.3 Å². The number of H-pyrrole nitrogens is 1. The van der Waals surface area contributed by atoms with Crippen LogP contribution in [0.5, 0.6) is 0 Å². The van der Waals surface area contributed by atoms with Crippen molar-refractivity contribution in [3.63, 3.8) is 0 Å². The summed E-state index contributed by atoms with van der Waals surface area (Å²) in [6, 6.07) is -0.635. The molecule has 1 unspecified atom stereocenters. The average Bonchev–Trinajstić information content (AvgIpc) is 3.09. The van der Waals surface area contributed by atoms with E-state index in [1.165, 1.54) is 16.2 Å². The second-order valence-corrected chi connectivity index (χ2v) is 7.84. The number of aliphatic carboxylic acids is 1. The highest BCUT2D eigenvalue weighted by Gasteiger charge is 2.53. The third kappa shape index (κ3) is 3.11. The first kappa shape index (κ1) is 18.8. The summed E-state index contributed by atoms with van der Waals surface area (Å²) in [7, 11) is 0. The number of aryl methyl sites for hydroxylation is 2. The Balaban J connectivity index is 1.95. The Morgan fingerprint density at radius 3 is 2.58 bits per heavy atom. The van der Waals surface area contributed by atoms with Crippen LogP contribution in [0.2, 0.25) is 0 Å². The maximum Gasteiger partial charge on any atom is 0.393 e. The van der Waals surface area contributed by atoms with Crippen LogP contribution in [-0.4, -0.2) is 45.2 Å². The SMILES string of the molecule is Cc1sc2nc(C(C)N3C[C@@H](C(F)(F)F)[C@H](C(=O)O)C3)[nH]c(=O)c2c1C. The van der Waals surface area contributed by atoms with Gasteiger partial charge in [0.05, 0.1) is 23.3 Å². The Hall–Kier alpha value is -1.94. The zero-order valence-electron chi connectivity index (χ0n) is 14.3. The van der Waals surface area contributed by atoms with Gasteiger partial charge in [-0.2, -0.15) is 13.2 Å². The zero-order chi connectivity index (χ0) is 19.4. The number of rotatable bonds is 3. The average molecular weight is 389 g/mol. The van der Waals surface area contributed by atoms with E-state index in [2.05, 4.69) is 9.97 Å². The van der Waals surface area contributed by atoms with Gasteiger partial charge in [0.15, 0.2) is 0 Å². The number of fused-ring (bicyclic) bond motifs is 1. The summed E-state index contributed by atoms with van der Waals surface area (Å²) in [6.07, 6.45) is -4.59. The van der Waals surface area contributed by atoms with Crippen molar-refractivity contribution in [3.05, 3.63) is 26.6 Å². The summed E-state index contributed by atoms with van der Waals surface area (Å²) in [5, 5.41) is 9.62. The lowest BCUT2D eigenvalue weighted by molar-refractivity contribution is -0.188. The molecule has 142 valence electrons. The van der Waals surface area contributed by atoms with Crippen molar-refractivity contribution in [2.75, 3.05) is 13.1 Å². The van der Waals surface area contributed by atoms with Gasteiger partial charge >= 0.3 is 12.1 Å². The summed E-state index contributed by atoms with van der Waals surface area (Å²) in [5.74, 6) is -4.69. The molecule has 1 fully saturated rings. The van der Waals surface area contributed by atoms with E-state index in [0.717, 1.165) is 10.4 Å². The fourth-order valence-corrected chi connectivity index (χ4v) is 4.41. The van der Waals surface area contributed by atoms with Gasteiger partial charge in [-0.25, -0.2) is 4.98 Å². The van der Waals surface area contributed by atoms with E-state index in [9.17, 15) is 22.8 Å². The molecule has 1 aliphatic heterocycles. The molecule has 3 atom stereocenters.